The number of nitro groups is 1. The van der Waals surface area contributed by atoms with Crippen molar-refractivity contribution in [3.05, 3.63) is 86.7 Å². The van der Waals surface area contributed by atoms with E-state index in [1.807, 2.05) is 30.3 Å². The molecule has 0 bridgehead atoms. The normalized spacial score (nSPS) is 14.3. The van der Waals surface area contributed by atoms with Crippen LogP contribution in [0.15, 0.2) is 48.5 Å². The van der Waals surface area contributed by atoms with Gasteiger partial charge in [-0.2, -0.15) is 5.10 Å². The van der Waals surface area contributed by atoms with Gasteiger partial charge in [-0.1, -0.05) is 49.6 Å². The second-order valence-corrected chi connectivity index (χ2v) is 9.45. The van der Waals surface area contributed by atoms with E-state index >= 15 is 0 Å². The smallest absolute Gasteiger partial charge is 0.312 e. The Bertz CT molecular complexity index is 1200. The number of carbonyl (C=O) groups is 1. The maximum absolute atomic E-state index is 13.0. The van der Waals surface area contributed by atoms with Crippen molar-refractivity contribution in [2.24, 2.45) is 0 Å². The van der Waals surface area contributed by atoms with Crippen LogP contribution in [0.2, 0.25) is 0 Å². The van der Waals surface area contributed by atoms with Crippen LogP contribution in [0.1, 0.15) is 65.0 Å². The van der Waals surface area contributed by atoms with Crippen LogP contribution in [0.4, 0.5) is 11.4 Å². The highest BCUT2D eigenvalue weighted by molar-refractivity contribution is 6.04. The molecule has 1 aromatic heterocycles. The van der Waals surface area contributed by atoms with Gasteiger partial charge < -0.3 is 5.32 Å². The van der Waals surface area contributed by atoms with Gasteiger partial charge in [0.15, 0.2) is 0 Å². The molecule has 2 aromatic carbocycles. The first kappa shape index (κ1) is 24.6. The Balaban J connectivity index is 1.42. The largest absolute Gasteiger partial charge is 0.322 e. The van der Waals surface area contributed by atoms with Crippen LogP contribution in [0.3, 0.4) is 0 Å². The third-order valence-corrected chi connectivity index (χ3v) is 6.96. The minimum Gasteiger partial charge on any atom is -0.322 e. The summed E-state index contributed by atoms with van der Waals surface area (Å²) in [6.45, 7) is 4.54. The molecule has 0 spiro atoms. The molecule has 1 heterocycles. The predicted molar refractivity (Wildman–Crippen MR) is 137 cm³/mol. The average molecular weight is 476 g/mol. The molecule has 1 fully saturated rings. The summed E-state index contributed by atoms with van der Waals surface area (Å²) in [4.78, 5) is 26.2. The maximum atomic E-state index is 13.0. The SMILES string of the molecule is Cc1nn(Cc2ccc(C(=O)Nc3ccccc3CN(C)C3CCCCC3)cc2)c(C)c1[N+](=O)[O-]. The minimum atomic E-state index is -0.396. The molecule has 1 N–H and O–H groups in total. The second-order valence-electron chi connectivity index (χ2n) is 9.45. The number of aryl methyl sites for hydroxylation is 1. The van der Waals surface area contributed by atoms with Crippen LogP contribution in [0.25, 0.3) is 0 Å². The molecule has 8 nitrogen and oxygen atoms in total. The van der Waals surface area contributed by atoms with Gasteiger partial charge in [-0.3, -0.25) is 24.5 Å². The van der Waals surface area contributed by atoms with E-state index in [2.05, 4.69) is 28.4 Å². The van der Waals surface area contributed by atoms with Crippen LogP contribution in [-0.2, 0) is 13.1 Å². The molecule has 0 saturated heterocycles. The first-order valence-corrected chi connectivity index (χ1v) is 12.2. The Morgan fingerprint density at radius 3 is 2.46 bits per heavy atom. The van der Waals surface area contributed by atoms with Gasteiger partial charge in [0.1, 0.15) is 11.4 Å². The zero-order chi connectivity index (χ0) is 24.9. The first-order valence-electron chi connectivity index (χ1n) is 12.2. The molecule has 3 aromatic rings. The predicted octanol–water partition coefficient (Wildman–Crippen LogP) is 5.47. The Kier molecular flexibility index (Phi) is 7.60. The molecule has 1 saturated carbocycles. The van der Waals surface area contributed by atoms with Crippen molar-refractivity contribution in [3.63, 3.8) is 0 Å². The van der Waals surface area contributed by atoms with Gasteiger partial charge in [0, 0.05) is 23.8 Å². The number of para-hydroxylation sites is 1. The van der Waals surface area contributed by atoms with Crippen LogP contribution in [0.5, 0.6) is 0 Å². The summed E-state index contributed by atoms with van der Waals surface area (Å²) in [6, 6.07) is 15.9. The molecule has 0 radical (unpaired) electrons. The highest BCUT2D eigenvalue weighted by Gasteiger charge is 2.22. The number of hydrogen-bond donors (Lipinski definition) is 1. The van der Waals surface area contributed by atoms with E-state index in [9.17, 15) is 14.9 Å². The zero-order valence-electron chi connectivity index (χ0n) is 20.7. The number of nitrogens with one attached hydrogen (secondary N) is 1. The molecule has 4 rings (SSSR count). The fourth-order valence-corrected chi connectivity index (χ4v) is 4.93. The lowest BCUT2D eigenvalue weighted by Gasteiger charge is -2.31. The summed E-state index contributed by atoms with van der Waals surface area (Å²) in [5.41, 5.74) is 4.38. The van der Waals surface area contributed by atoms with Gasteiger partial charge in [-0.15, -0.1) is 0 Å². The van der Waals surface area contributed by atoms with Crippen molar-refractivity contribution < 1.29 is 9.72 Å². The molecular weight excluding hydrogens is 442 g/mol. The summed E-state index contributed by atoms with van der Waals surface area (Å²) >= 11 is 0. The zero-order valence-corrected chi connectivity index (χ0v) is 20.7. The Morgan fingerprint density at radius 2 is 1.80 bits per heavy atom. The summed E-state index contributed by atoms with van der Waals surface area (Å²) in [6.07, 6.45) is 6.39. The first-order chi connectivity index (χ1) is 16.8. The second kappa shape index (κ2) is 10.8. The molecule has 0 unspecified atom stereocenters. The summed E-state index contributed by atoms with van der Waals surface area (Å²) < 4.78 is 1.63. The van der Waals surface area contributed by atoms with Crippen molar-refractivity contribution in [3.8, 4) is 0 Å². The highest BCUT2D eigenvalue weighted by Crippen LogP contribution is 2.26. The van der Waals surface area contributed by atoms with Gasteiger partial charge in [-0.05, 0) is 63.1 Å². The molecule has 8 heteroatoms. The van der Waals surface area contributed by atoms with Gasteiger partial charge in [-0.25, -0.2) is 0 Å². The fraction of sp³-hybridized carbons (Fsp3) is 0.407. The van der Waals surface area contributed by atoms with E-state index in [0.717, 1.165) is 23.4 Å². The van der Waals surface area contributed by atoms with Crippen molar-refractivity contribution >= 4 is 17.3 Å². The molecule has 184 valence electrons. The van der Waals surface area contributed by atoms with E-state index in [1.165, 1.54) is 32.1 Å². The number of nitrogens with zero attached hydrogens (tertiary/aromatic N) is 4. The van der Waals surface area contributed by atoms with E-state index < -0.39 is 4.92 Å². The van der Waals surface area contributed by atoms with Crippen molar-refractivity contribution in [2.75, 3.05) is 12.4 Å². The van der Waals surface area contributed by atoms with Crippen LogP contribution >= 0.6 is 0 Å². The van der Waals surface area contributed by atoms with E-state index in [-0.39, 0.29) is 11.6 Å². The number of anilines is 1. The molecular formula is C27H33N5O3. The number of carbonyl (C=O) groups excluding carboxylic acids is 1. The molecule has 1 aliphatic rings. The van der Waals surface area contributed by atoms with E-state index in [4.69, 9.17) is 0 Å². The number of aromatic nitrogens is 2. The average Bonchev–Trinajstić information content (AvgIpc) is 3.13. The van der Waals surface area contributed by atoms with E-state index in [1.54, 1.807) is 30.7 Å². The maximum Gasteiger partial charge on any atom is 0.312 e. The van der Waals surface area contributed by atoms with Gasteiger partial charge >= 0.3 is 5.69 Å². The number of hydrogen-bond acceptors (Lipinski definition) is 5. The molecule has 1 aliphatic carbocycles. The van der Waals surface area contributed by atoms with Crippen molar-refractivity contribution in [1.29, 1.82) is 0 Å². The third kappa shape index (κ3) is 5.77. The Hall–Kier alpha value is -3.52. The Morgan fingerprint density at radius 1 is 1.11 bits per heavy atom. The molecule has 1 amide bonds. The van der Waals surface area contributed by atoms with Crippen LogP contribution in [0, 0.1) is 24.0 Å². The van der Waals surface area contributed by atoms with Crippen LogP contribution < -0.4 is 5.32 Å². The summed E-state index contributed by atoms with van der Waals surface area (Å²) in [5, 5.41) is 18.6. The monoisotopic (exact) mass is 475 g/mol. The number of benzene rings is 2. The van der Waals surface area contributed by atoms with Crippen molar-refractivity contribution in [2.45, 2.75) is 65.1 Å². The Labute approximate surface area is 206 Å². The minimum absolute atomic E-state index is 0.0498. The quantitative estimate of drug-likeness (QED) is 0.344. The standard InChI is InChI=1S/C27H33N5O3/c1-19-26(32(34)35)20(2)31(29-19)17-21-13-15-22(16-14-21)27(33)28-25-12-8-7-9-23(25)18-30(3)24-10-5-4-6-11-24/h7-9,12-16,24H,4-6,10-11,17-18H2,1-3H3,(H,28,33). The van der Waals surface area contributed by atoms with Crippen molar-refractivity contribution in [1.82, 2.24) is 14.7 Å². The number of amides is 1. The topological polar surface area (TPSA) is 93.3 Å². The summed E-state index contributed by atoms with van der Waals surface area (Å²) in [7, 11) is 2.17. The molecule has 0 atom stereocenters. The molecule has 0 aliphatic heterocycles. The van der Waals surface area contributed by atoms with Gasteiger partial charge in [0.2, 0.25) is 0 Å². The van der Waals surface area contributed by atoms with Gasteiger partial charge in [0.05, 0.1) is 11.5 Å². The van der Waals surface area contributed by atoms with Crippen LogP contribution in [-0.4, -0.2) is 38.6 Å². The lowest BCUT2D eigenvalue weighted by atomic mass is 9.94. The van der Waals surface area contributed by atoms with Gasteiger partial charge in [0.25, 0.3) is 5.91 Å². The number of rotatable bonds is 8. The highest BCUT2D eigenvalue weighted by atomic mass is 16.6. The fourth-order valence-electron chi connectivity index (χ4n) is 4.93. The third-order valence-electron chi connectivity index (χ3n) is 6.96. The summed E-state index contributed by atoms with van der Waals surface area (Å²) in [5.74, 6) is -0.161. The molecule has 35 heavy (non-hydrogen) atoms. The lowest BCUT2D eigenvalue weighted by molar-refractivity contribution is -0.386. The lowest BCUT2D eigenvalue weighted by Crippen LogP contribution is -2.33. The van der Waals surface area contributed by atoms with E-state index in [0.29, 0.717) is 29.5 Å².